The highest BCUT2D eigenvalue weighted by Gasteiger charge is 2.31. The van der Waals surface area contributed by atoms with Crippen molar-refractivity contribution in [2.24, 2.45) is 0 Å². The summed E-state index contributed by atoms with van der Waals surface area (Å²) in [6, 6.07) is 8.19. The molecule has 6 nitrogen and oxygen atoms in total. The van der Waals surface area contributed by atoms with Gasteiger partial charge in [0.05, 0.1) is 18.8 Å². The SMILES string of the molecule is COc1ccc([C@H]2CN(C(=O)c3c(C)noc3C)CCN2C)cc1. The summed E-state index contributed by atoms with van der Waals surface area (Å²) in [5, 5.41) is 3.90. The van der Waals surface area contributed by atoms with Gasteiger partial charge in [0.25, 0.3) is 5.91 Å². The van der Waals surface area contributed by atoms with Crippen LogP contribution in [0.1, 0.15) is 33.4 Å². The molecule has 6 heteroatoms. The summed E-state index contributed by atoms with van der Waals surface area (Å²) < 4.78 is 10.4. The van der Waals surface area contributed by atoms with Crippen molar-refractivity contribution >= 4 is 5.91 Å². The van der Waals surface area contributed by atoms with Crippen molar-refractivity contribution in [3.05, 3.63) is 46.8 Å². The second-order valence-corrected chi connectivity index (χ2v) is 6.22. The smallest absolute Gasteiger partial charge is 0.259 e. The third-order valence-corrected chi connectivity index (χ3v) is 4.68. The Hall–Kier alpha value is -2.34. The lowest BCUT2D eigenvalue weighted by molar-refractivity contribution is 0.0544. The summed E-state index contributed by atoms with van der Waals surface area (Å²) in [7, 11) is 3.75. The topological polar surface area (TPSA) is 58.8 Å². The zero-order valence-corrected chi connectivity index (χ0v) is 14.6. The van der Waals surface area contributed by atoms with E-state index in [1.165, 1.54) is 5.56 Å². The molecule has 24 heavy (non-hydrogen) atoms. The molecule has 0 radical (unpaired) electrons. The van der Waals surface area contributed by atoms with Gasteiger partial charge in [-0.05, 0) is 38.6 Å². The van der Waals surface area contributed by atoms with Gasteiger partial charge in [-0.25, -0.2) is 0 Å². The highest BCUT2D eigenvalue weighted by Crippen LogP contribution is 2.27. The third-order valence-electron chi connectivity index (χ3n) is 4.68. The molecule has 1 aliphatic heterocycles. The first-order valence-corrected chi connectivity index (χ1v) is 8.07. The summed E-state index contributed by atoms with van der Waals surface area (Å²) in [6.45, 7) is 5.76. The zero-order valence-electron chi connectivity index (χ0n) is 14.6. The number of likely N-dealkylation sites (N-methyl/N-ethyl adjacent to an activating group) is 1. The number of carbonyl (C=O) groups is 1. The number of amides is 1. The van der Waals surface area contributed by atoms with Crippen LogP contribution < -0.4 is 4.74 Å². The maximum absolute atomic E-state index is 12.9. The zero-order chi connectivity index (χ0) is 17.3. The summed E-state index contributed by atoms with van der Waals surface area (Å²) in [5.74, 6) is 1.41. The number of methoxy groups -OCH3 is 1. The van der Waals surface area contributed by atoms with Gasteiger partial charge in [0, 0.05) is 19.6 Å². The maximum Gasteiger partial charge on any atom is 0.259 e. The molecule has 3 rings (SSSR count). The first-order valence-electron chi connectivity index (χ1n) is 8.07. The first-order chi connectivity index (χ1) is 11.5. The number of rotatable bonds is 3. The fraction of sp³-hybridized carbons (Fsp3) is 0.444. The largest absolute Gasteiger partial charge is 0.497 e. The van der Waals surface area contributed by atoms with E-state index in [4.69, 9.17) is 9.26 Å². The number of aryl methyl sites for hydroxylation is 2. The van der Waals surface area contributed by atoms with Crippen LogP contribution >= 0.6 is 0 Å². The van der Waals surface area contributed by atoms with E-state index in [1.54, 1.807) is 21.0 Å². The molecular formula is C18H23N3O3. The molecule has 0 saturated carbocycles. The van der Waals surface area contributed by atoms with Crippen LogP contribution in [-0.2, 0) is 0 Å². The lowest BCUT2D eigenvalue weighted by Crippen LogP contribution is -2.49. The molecule has 0 N–H and O–H groups in total. The molecule has 0 unspecified atom stereocenters. The lowest BCUT2D eigenvalue weighted by atomic mass is 10.0. The Balaban J connectivity index is 1.81. The number of nitrogens with zero attached hydrogens (tertiary/aromatic N) is 3. The predicted molar refractivity (Wildman–Crippen MR) is 90.2 cm³/mol. The molecule has 128 valence electrons. The molecule has 0 spiro atoms. The minimum absolute atomic E-state index is 0.00198. The van der Waals surface area contributed by atoms with Crippen LogP contribution in [-0.4, -0.2) is 54.7 Å². The van der Waals surface area contributed by atoms with Crippen LogP contribution in [0.4, 0.5) is 0 Å². The standard InChI is InChI=1S/C18H23N3O3/c1-12-17(13(2)24-19-12)18(22)21-10-9-20(3)16(11-21)14-5-7-15(23-4)8-6-14/h5-8,16H,9-11H2,1-4H3/t16-/m1/s1. The molecule has 1 amide bonds. The van der Waals surface area contributed by atoms with E-state index >= 15 is 0 Å². The van der Waals surface area contributed by atoms with Gasteiger partial charge in [-0.2, -0.15) is 0 Å². The van der Waals surface area contributed by atoms with Gasteiger partial charge in [-0.3, -0.25) is 9.69 Å². The fourth-order valence-corrected chi connectivity index (χ4v) is 3.19. The van der Waals surface area contributed by atoms with E-state index in [9.17, 15) is 4.79 Å². The highest BCUT2D eigenvalue weighted by atomic mass is 16.5. The van der Waals surface area contributed by atoms with Crippen LogP contribution in [0.2, 0.25) is 0 Å². The summed E-state index contributed by atoms with van der Waals surface area (Å²) >= 11 is 0. The molecule has 2 aromatic rings. The Bertz CT molecular complexity index is 704. The quantitative estimate of drug-likeness (QED) is 0.865. The van der Waals surface area contributed by atoms with Crippen molar-refractivity contribution in [2.75, 3.05) is 33.8 Å². The van der Waals surface area contributed by atoms with Gasteiger partial charge in [0.15, 0.2) is 0 Å². The summed E-state index contributed by atoms with van der Waals surface area (Å²) in [5.41, 5.74) is 2.42. The van der Waals surface area contributed by atoms with Crippen molar-refractivity contribution in [3.8, 4) is 5.75 Å². The van der Waals surface area contributed by atoms with Crippen molar-refractivity contribution in [1.29, 1.82) is 0 Å². The summed E-state index contributed by atoms with van der Waals surface area (Å²) in [4.78, 5) is 17.0. The number of carbonyl (C=O) groups excluding carboxylic acids is 1. The average molecular weight is 329 g/mol. The monoisotopic (exact) mass is 329 g/mol. The molecule has 0 aliphatic carbocycles. The second-order valence-electron chi connectivity index (χ2n) is 6.22. The number of aromatic nitrogens is 1. The Morgan fingerprint density at radius 2 is 1.96 bits per heavy atom. The minimum atomic E-state index is -0.00198. The van der Waals surface area contributed by atoms with Gasteiger partial charge < -0.3 is 14.2 Å². The molecule has 1 fully saturated rings. The molecular weight excluding hydrogens is 306 g/mol. The number of hydrogen-bond acceptors (Lipinski definition) is 5. The van der Waals surface area contributed by atoms with Crippen LogP contribution in [0.5, 0.6) is 5.75 Å². The van der Waals surface area contributed by atoms with Gasteiger partial charge in [0.1, 0.15) is 17.1 Å². The number of piperazine rings is 1. The Labute approximate surface area is 142 Å². The Morgan fingerprint density at radius 3 is 2.54 bits per heavy atom. The molecule has 0 bridgehead atoms. The van der Waals surface area contributed by atoms with E-state index in [0.29, 0.717) is 30.1 Å². The van der Waals surface area contributed by atoms with Crippen molar-refractivity contribution in [2.45, 2.75) is 19.9 Å². The van der Waals surface area contributed by atoms with Gasteiger partial charge in [0.2, 0.25) is 0 Å². The molecule has 1 saturated heterocycles. The van der Waals surface area contributed by atoms with E-state index in [-0.39, 0.29) is 11.9 Å². The van der Waals surface area contributed by atoms with E-state index in [1.807, 2.05) is 17.0 Å². The van der Waals surface area contributed by atoms with Gasteiger partial charge in [-0.15, -0.1) is 0 Å². The van der Waals surface area contributed by atoms with Gasteiger partial charge >= 0.3 is 0 Å². The van der Waals surface area contributed by atoms with Crippen LogP contribution in [0.3, 0.4) is 0 Å². The minimum Gasteiger partial charge on any atom is -0.497 e. The van der Waals surface area contributed by atoms with Crippen LogP contribution in [0.15, 0.2) is 28.8 Å². The van der Waals surface area contributed by atoms with Crippen LogP contribution in [0.25, 0.3) is 0 Å². The normalized spacial score (nSPS) is 18.7. The number of ether oxygens (including phenoxy) is 1. The Kier molecular flexibility index (Phi) is 4.57. The molecule has 1 aromatic carbocycles. The Morgan fingerprint density at radius 1 is 1.25 bits per heavy atom. The maximum atomic E-state index is 12.9. The third kappa shape index (κ3) is 3.01. The molecule has 2 heterocycles. The summed E-state index contributed by atoms with van der Waals surface area (Å²) in [6.07, 6.45) is 0. The van der Waals surface area contributed by atoms with Gasteiger partial charge in [-0.1, -0.05) is 17.3 Å². The van der Waals surface area contributed by atoms with E-state index in [0.717, 1.165) is 12.3 Å². The van der Waals surface area contributed by atoms with Crippen molar-refractivity contribution < 1.29 is 14.1 Å². The average Bonchev–Trinajstić information content (AvgIpc) is 2.93. The first kappa shape index (κ1) is 16.5. The second kappa shape index (κ2) is 6.65. The molecule has 1 aliphatic rings. The van der Waals surface area contributed by atoms with Crippen LogP contribution in [0, 0.1) is 13.8 Å². The molecule has 1 aromatic heterocycles. The van der Waals surface area contributed by atoms with E-state index < -0.39 is 0 Å². The lowest BCUT2D eigenvalue weighted by Gasteiger charge is -2.39. The van der Waals surface area contributed by atoms with Crippen molar-refractivity contribution in [3.63, 3.8) is 0 Å². The highest BCUT2D eigenvalue weighted by molar-refractivity contribution is 5.96. The van der Waals surface area contributed by atoms with E-state index in [2.05, 4.69) is 29.2 Å². The fourth-order valence-electron chi connectivity index (χ4n) is 3.19. The predicted octanol–water partition coefficient (Wildman–Crippen LogP) is 2.43. The van der Waals surface area contributed by atoms with Crippen molar-refractivity contribution in [1.82, 2.24) is 15.0 Å². The number of hydrogen-bond donors (Lipinski definition) is 0. The number of benzene rings is 1. The molecule has 1 atom stereocenters.